The number of carboxylic acid groups (broad SMARTS) is 1. The predicted molar refractivity (Wildman–Crippen MR) is 155 cm³/mol. The molecular weight excluding hydrogens is 899 g/mol. The normalized spacial score (nSPS) is 11.4. The molecule has 3 aromatic carbocycles. The Hall–Kier alpha value is -0.100. The van der Waals surface area contributed by atoms with Crippen molar-refractivity contribution in [1.29, 1.82) is 0 Å². The van der Waals surface area contributed by atoms with Gasteiger partial charge in [-0.3, -0.25) is 0 Å². The van der Waals surface area contributed by atoms with Crippen molar-refractivity contribution in [2.75, 3.05) is 0 Å². The zero-order chi connectivity index (χ0) is 22.8. The lowest BCUT2D eigenvalue weighted by molar-refractivity contribution is 0.0697. The highest BCUT2D eigenvalue weighted by Crippen LogP contribution is 2.47. The Morgan fingerprint density at radius 3 is 1.71 bits per heavy atom. The highest BCUT2D eigenvalue weighted by molar-refractivity contribution is 14.1. The highest BCUT2D eigenvalue weighted by Gasteiger charge is 2.31. The fraction of sp³-hybridized carbons (Fsp3) is 0. The van der Waals surface area contributed by atoms with Gasteiger partial charge in [0.1, 0.15) is 0 Å². The van der Waals surface area contributed by atoms with Gasteiger partial charge in [0.2, 0.25) is 0 Å². The summed E-state index contributed by atoms with van der Waals surface area (Å²) in [6.45, 7) is 0. The molecule has 31 heavy (non-hydrogen) atoms. The van der Waals surface area contributed by atoms with Crippen molar-refractivity contribution in [1.82, 2.24) is 0 Å². The van der Waals surface area contributed by atoms with E-state index >= 15 is 0 Å². The second-order valence-electron chi connectivity index (χ2n) is 6.39. The van der Waals surface area contributed by atoms with Crippen molar-refractivity contribution in [3.05, 3.63) is 54.2 Å². The average molecular weight is 906 g/mol. The van der Waals surface area contributed by atoms with Gasteiger partial charge in [0.05, 0.1) is 33.5 Å². The zero-order valence-electron chi connectivity index (χ0n) is 14.7. The fourth-order valence-electron chi connectivity index (χ4n) is 3.22. The summed E-state index contributed by atoms with van der Waals surface area (Å²) < 4.78 is 8.23. The van der Waals surface area contributed by atoms with Gasteiger partial charge < -0.3 is 15.3 Å². The van der Waals surface area contributed by atoms with Gasteiger partial charge in [-0.25, -0.2) is 9.21 Å². The molecule has 0 saturated heterocycles. The van der Waals surface area contributed by atoms with Crippen molar-refractivity contribution >= 4 is 141 Å². The Kier molecular flexibility index (Phi) is 6.92. The summed E-state index contributed by atoms with van der Waals surface area (Å²) in [4.78, 5) is 12.1. The van der Waals surface area contributed by atoms with Crippen LogP contribution in [0.5, 0.6) is 11.5 Å². The van der Waals surface area contributed by atoms with Gasteiger partial charge in [0, 0.05) is 5.56 Å². The first-order chi connectivity index (χ1) is 14.5. The second kappa shape index (κ2) is 8.92. The van der Waals surface area contributed by atoms with Crippen LogP contribution in [-0.4, -0.2) is 21.3 Å². The summed E-state index contributed by atoms with van der Waals surface area (Å²) in [5.41, 5.74) is 1.60. The van der Waals surface area contributed by atoms with Crippen molar-refractivity contribution < 1.29 is 24.5 Å². The SMILES string of the molecule is O=C(O)c1cc(Cl)c(Cl)cc1-c1c2cc(I)c(O)c(I)c2[o+]c2c(I)c(O)c(I)cc12. The van der Waals surface area contributed by atoms with Gasteiger partial charge in [-0.1, -0.05) is 23.2 Å². The van der Waals surface area contributed by atoms with Gasteiger partial charge in [-0.05, 0) is 120 Å². The van der Waals surface area contributed by atoms with Crippen molar-refractivity contribution in [2.45, 2.75) is 0 Å². The molecule has 4 rings (SSSR count). The highest BCUT2D eigenvalue weighted by atomic mass is 127. The minimum absolute atomic E-state index is 0.0283. The Morgan fingerprint density at radius 2 is 1.26 bits per heavy atom. The molecule has 0 bridgehead atoms. The standard InChI is InChI=1S/C20H6Cl2I4O5/c21-9-1-5(6(20(29)30)2-10(9)22)13-7-3-11(23)16(27)14(25)18(7)31-19-8(13)4-12(24)17(28)15(19)26/h1-4H,(H2-,27,28,29,30)/p+1. The quantitative estimate of drug-likeness (QED) is 0.107. The number of aromatic carboxylic acids is 1. The van der Waals surface area contributed by atoms with E-state index < -0.39 is 5.97 Å². The lowest BCUT2D eigenvalue weighted by Crippen LogP contribution is -2.02. The molecule has 0 saturated carbocycles. The molecule has 0 unspecified atom stereocenters. The van der Waals surface area contributed by atoms with Crippen LogP contribution in [0.4, 0.5) is 0 Å². The molecule has 0 spiro atoms. The molecule has 158 valence electrons. The summed E-state index contributed by atoms with van der Waals surface area (Å²) in [7, 11) is 0. The van der Waals surface area contributed by atoms with E-state index in [1.807, 2.05) is 90.4 Å². The number of fused-ring (bicyclic) bond motifs is 2. The number of hydrogen-bond acceptors (Lipinski definition) is 3. The summed E-state index contributed by atoms with van der Waals surface area (Å²) in [6, 6.07) is 6.29. The monoisotopic (exact) mass is 905 g/mol. The van der Waals surface area contributed by atoms with Gasteiger partial charge in [-0.2, -0.15) is 0 Å². The second-order valence-corrected chi connectivity index (χ2v) is 11.7. The minimum atomic E-state index is -1.16. The number of aromatic hydroxyl groups is 2. The van der Waals surface area contributed by atoms with E-state index in [9.17, 15) is 20.1 Å². The lowest BCUT2D eigenvalue weighted by Gasteiger charge is -2.13. The fourth-order valence-corrected chi connectivity index (χ4v) is 7.13. The van der Waals surface area contributed by atoms with Crippen LogP contribution in [-0.2, 0) is 0 Å². The van der Waals surface area contributed by atoms with E-state index in [1.54, 1.807) is 12.1 Å². The van der Waals surface area contributed by atoms with Crippen LogP contribution >= 0.6 is 114 Å². The van der Waals surface area contributed by atoms with Crippen LogP contribution in [0.1, 0.15) is 10.4 Å². The topological polar surface area (TPSA) is 89.1 Å². The van der Waals surface area contributed by atoms with Crippen molar-refractivity contribution in [3.63, 3.8) is 0 Å². The van der Waals surface area contributed by atoms with E-state index in [2.05, 4.69) is 0 Å². The van der Waals surface area contributed by atoms with E-state index in [0.717, 1.165) is 0 Å². The Morgan fingerprint density at radius 1 is 0.806 bits per heavy atom. The predicted octanol–water partition coefficient (Wildman–Crippen LogP) is 8.37. The molecule has 0 fully saturated rings. The first-order valence-corrected chi connectivity index (χ1v) is 13.3. The summed E-state index contributed by atoms with van der Waals surface area (Å²) in [5, 5.41) is 32.3. The first kappa shape index (κ1) is 24.0. The molecule has 11 heteroatoms. The van der Waals surface area contributed by atoms with E-state index in [-0.39, 0.29) is 27.1 Å². The Bertz CT molecular complexity index is 1380. The third kappa shape index (κ3) is 4.04. The first-order valence-electron chi connectivity index (χ1n) is 8.23. The molecule has 0 aliphatic rings. The number of carboxylic acids is 1. The molecule has 0 radical (unpaired) electrons. The largest absolute Gasteiger partial charge is 0.505 e. The smallest absolute Gasteiger partial charge is 0.378 e. The Labute approximate surface area is 239 Å². The molecule has 0 amide bonds. The number of hydrogen-bond donors (Lipinski definition) is 3. The van der Waals surface area contributed by atoms with E-state index in [4.69, 9.17) is 27.6 Å². The number of phenolic OH excluding ortho intramolecular Hbond substituents is 2. The van der Waals surface area contributed by atoms with E-state index in [1.165, 1.54) is 12.1 Å². The van der Waals surface area contributed by atoms with Crippen LogP contribution in [0, 0.1) is 14.3 Å². The van der Waals surface area contributed by atoms with Crippen LogP contribution in [0.3, 0.4) is 0 Å². The number of phenols is 2. The van der Waals surface area contributed by atoms with Gasteiger partial charge in [0.15, 0.2) is 18.6 Å². The number of halogens is 6. The molecule has 4 aromatic rings. The van der Waals surface area contributed by atoms with Crippen LogP contribution in [0.25, 0.3) is 33.1 Å². The number of carbonyl (C=O) groups is 1. The van der Waals surface area contributed by atoms with E-state index in [0.29, 0.717) is 47.3 Å². The zero-order valence-corrected chi connectivity index (χ0v) is 24.9. The Balaban J connectivity index is 2.36. The maximum atomic E-state index is 12.1. The summed E-state index contributed by atoms with van der Waals surface area (Å²) in [5.74, 6) is -1.05. The van der Waals surface area contributed by atoms with Gasteiger partial charge in [0.25, 0.3) is 0 Å². The number of rotatable bonds is 2. The van der Waals surface area contributed by atoms with Crippen LogP contribution < -0.4 is 0 Å². The van der Waals surface area contributed by atoms with Gasteiger partial charge >= 0.3 is 17.1 Å². The molecule has 1 aromatic heterocycles. The van der Waals surface area contributed by atoms with Gasteiger partial charge in [-0.15, -0.1) is 0 Å². The van der Waals surface area contributed by atoms with Crippen LogP contribution in [0.2, 0.25) is 10.0 Å². The van der Waals surface area contributed by atoms with Crippen molar-refractivity contribution in [2.24, 2.45) is 0 Å². The molecule has 5 nitrogen and oxygen atoms in total. The molecule has 0 atom stereocenters. The lowest BCUT2D eigenvalue weighted by atomic mass is 9.93. The number of benzene rings is 3. The molecular formula is C20H7Cl2I4O5+. The summed E-state index contributed by atoms with van der Waals surface area (Å²) >= 11 is 20.4. The molecule has 1 heterocycles. The van der Waals surface area contributed by atoms with Crippen molar-refractivity contribution in [3.8, 4) is 22.6 Å². The maximum Gasteiger partial charge on any atom is 0.378 e. The third-order valence-electron chi connectivity index (χ3n) is 4.60. The minimum Gasteiger partial charge on any atom is -0.505 e. The molecule has 0 aliphatic carbocycles. The summed E-state index contributed by atoms with van der Waals surface area (Å²) in [6.07, 6.45) is 0. The molecule has 3 N–H and O–H groups in total. The van der Waals surface area contributed by atoms with Crippen LogP contribution in [0.15, 0.2) is 28.7 Å². The third-order valence-corrected chi connectivity index (χ3v) is 8.97. The average Bonchev–Trinajstić information content (AvgIpc) is 2.71. The molecule has 0 aliphatic heterocycles. The maximum absolute atomic E-state index is 12.1.